The first-order valence-electron chi connectivity index (χ1n) is 15.3. The van der Waals surface area contributed by atoms with Gasteiger partial charge in [0.05, 0.1) is 0 Å². The molecule has 2 nitrogen and oxygen atoms in total. The highest BCUT2D eigenvalue weighted by Crippen LogP contribution is 2.47. The Balaban J connectivity index is 1.48. The van der Waals surface area contributed by atoms with Crippen LogP contribution < -0.4 is 26.2 Å². The van der Waals surface area contributed by atoms with Crippen LogP contribution in [-0.2, 0) is 0 Å². The molecule has 0 amide bonds. The van der Waals surface area contributed by atoms with Crippen LogP contribution >= 0.6 is 0 Å². The Kier molecular flexibility index (Phi) is 5.81. The van der Waals surface area contributed by atoms with Crippen LogP contribution in [0.25, 0.3) is 0 Å². The predicted molar refractivity (Wildman–Crippen MR) is 176 cm³/mol. The highest BCUT2D eigenvalue weighted by atomic mass is 15.2. The number of hydrogen-bond donors (Lipinski definition) is 0. The van der Waals surface area contributed by atoms with Gasteiger partial charge in [-0.05, 0) is 103 Å². The molecule has 1 saturated carbocycles. The largest absolute Gasteiger partial charge is 0.311 e. The van der Waals surface area contributed by atoms with E-state index in [1.165, 1.54) is 99.3 Å². The lowest BCUT2D eigenvalue weighted by Crippen LogP contribution is -2.61. The number of fused-ring (bicyclic) bond motifs is 4. The summed E-state index contributed by atoms with van der Waals surface area (Å²) in [7, 11) is 0. The van der Waals surface area contributed by atoms with Crippen molar-refractivity contribution in [3.63, 3.8) is 0 Å². The molecule has 0 bridgehead atoms. The smallest absolute Gasteiger partial charge is 0.252 e. The summed E-state index contributed by atoms with van der Waals surface area (Å²) in [5.41, 5.74) is 16.0. The van der Waals surface area contributed by atoms with Crippen molar-refractivity contribution in [2.75, 3.05) is 9.80 Å². The molecular formula is C38H35BN2. The minimum atomic E-state index is 0.190. The monoisotopic (exact) mass is 530 g/mol. The van der Waals surface area contributed by atoms with E-state index in [9.17, 15) is 0 Å². The summed E-state index contributed by atoms with van der Waals surface area (Å²) in [5, 5.41) is 0. The molecular weight excluding hydrogens is 495 g/mol. The van der Waals surface area contributed by atoms with Crippen molar-refractivity contribution < 1.29 is 0 Å². The summed E-state index contributed by atoms with van der Waals surface area (Å²) in [5.74, 6) is 0.608. The molecule has 0 aromatic heterocycles. The van der Waals surface area contributed by atoms with Crippen LogP contribution in [0.4, 0.5) is 34.1 Å². The third-order valence-electron chi connectivity index (χ3n) is 9.59. The van der Waals surface area contributed by atoms with Gasteiger partial charge in [-0.25, -0.2) is 0 Å². The van der Waals surface area contributed by atoms with Crippen LogP contribution in [0.1, 0.15) is 54.7 Å². The van der Waals surface area contributed by atoms with E-state index in [1.54, 1.807) is 0 Å². The average Bonchev–Trinajstić information content (AvgIpc) is 3.02. The van der Waals surface area contributed by atoms with E-state index in [4.69, 9.17) is 0 Å². The number of benzene rings is 5. The normalized spacial score (nSPS) is 15.8. The molecule has 0 N–H and O–H groups in total. The number of para-hydroxylation sites is 3. The lowest BCUT2D eigenvalue weighted by atomic mass is 9.33. The van der Waals surface area contributed by atoms with Gasteiger partial charge in [0, 0.05) is 34.1 Å². The maximum Gasteiger partial charge on any atom is 0.252 e. The third-order valence-corrected chi connectivity index (χ3v) is 9.59. The van der Waals surface area contributed by atoms with Gasteiger partial charge in [0.25, 0.3) is 6.71 Å². The van der Waals surface area contributed by atoms with E-state index >= 15 is 0 Å². The molecule has 3 heteroatoms. The van der Waals surface area contributed by atoms with Crippen LogP contribution in [0.3, 0.4) is 0 Å². The molecule has 1 fully saturated rings. The van der Waals surface area contributed by atoms with E-state index in [1.807, 2.05) is 0 Å². The van der Waals surface area contributed by atoms with Crippen molar-refractivity contribution >= 4 is 57.2 Å². The van der Waals surface area contributed by atoms with Gasteiger partial charge >= 0.3 is 0 Å². The molecule has 5 aromatic rings. The molecule has 41 heavy (non-hydrogen) atoms. The molecule has 3 aliphatic rings. The standard InChI is InChI=1S/C38H35BN2/c1-26-21-22-33(27(2)23-26)41-35-20-12-10-18-32(35)39-31-17-9-11-19-34(31)40(30-15-7-4-8-16-30)36-24-29(25-37(41)38(36)39)28-13-5-3-6-14-28/h4,7-12,15-25,28H,3,5-6,13-14H2,1-2H3. The Morgan fingerprint density at radius 3 is 1.85 bits per heavy atom. The highest BCUT2D eigenvalue weighted by molar-refractivity contribution is 7.00. The van der Waals surface area contributed by atoms with Crippen molar-refractivity contribution in [2.24, 2.45) is 0 Å². The molecule has 0 saturated heterocycles. The van der Waals surface area contributed by atoms with Gasteiger partial charge in [-0.3, -0.25) is 0 Å². The minimum absolute atomic E-state index is 0.190. The van der Waals surface area contributed by atoms with Crippen LogP contribution in [0.5, 0.6) is 0 Å². The zero-order valence-corrected chi connectivity index (χ0v) is 24.0. The number of nitrogens with zero attached hydrogens (tertiary/aromatic N) is 2. The summed E-state index contributed by atoms with van der Waals surface area (Å²) >= 11 is 0. The van der Waals surface area contributed by atoms with Crippen LogP contribution in [-0.4, -0.2) is 6.71 Å². The topological polar surface area (TPSA) is 6.48 Å². The molecule has 200 valence electrons. The third kappa shape index (κ3) is 3.86. The molecule has 2 heterocycles. The molecule has 0 radical (unpaired) electrons. The maximum atomic E-state index is 2.57. The maximum absolute atomic E-state index is 2.57. The van der Waals surface area contributed by atoms with E-state index < -0.39 is 0 Å². The van der Waals surface area contributed by atoms with Gasteiger partial charge in [0.1, 0.15) is 0 Å². The number of rotatable bonds is 3. The summed E-state index contributed by atoms with van der Waals surface area (Å²) < 4.78 is 0. The lowest BCUT2D eigenvalue weighted by Gasteiger charge is -2.45. The number of hydrogen-bond acceptors (Lipinski definition) is 2. The van der Waals surface area contributed by atoms with Crippen molar-refractivity contribution in [3.05, 3.63) is 126 Å². The fourth-order valence-electron chi connectivity index (χ4n) is 7.76. The zero-order valence-electron chi connectivity index (χ0n) is 24.0. The van der Waals surface area contributed by atoms with Gasteiger partial charge in [0.15, 0.2) is 0 Å². The van der Waals surface area contributed by atoms with E-state index in [0.717, 1.165) is 0 Å². The van der Waals surface area contributed by atoms with Gasteiger partial charge in [-0.15, -0.1) is 0 Å². The van der Waals surface area contributed by atoms with Crippen molar-refractivity contribution in [2.45, 2.75) is 51.9 Å². The summed E-state index contributed by atoms with van der Waals surface area (Å²) in [6.07, 6.45) is 6.58. The first-order valence-corrected chi connectivity index (χ1v) is 15.3. The quantitative estimate of drug-likeness (QED) is 0.212. The molecule has 0 unspecified atom stereocenters. The van der Waals surface area contributed by atoms with Crippen molar-refractivity contribution in [1.29, 1.82) is 0 Å². The van der Waals surface area contributed by atoms with Crippen molar-refractivity contribution in [3.8, 4) is 0 Å². The van der Waals surface area contributed by atoms with Gasteiger partial charge in [-0.1, -0.05) is 91.6 Å². The number of anilines is 6. The molecule has 0 spiro atoms. The second-order valence-electron chi connectivity index (χ2n) is 12.2. The second kappa shape index (κ2) is 9.70. The van der Waals surface area contributed by atoms with Gasteiger partial charge < -0.3 is 9.80 Å². The molecule has 0 atom stereocenters. The molecule has 8 rings (SSSR count). The number of aryl methyl sites for hydroxylation is 2. The van der Waals surface area contributed by atoms with Crippen LogP contribution in [0.15, 0.2) is 109 Å². The Labute approximate surface area is 244 Å². The van der Waals surface area contributed by atoms with Gasteiger partial charge in [-0.2, -0.15) is 0 Å². The first kappa shape index (κ1) is 24.6. The average molecular weight is 531 g/mol. The zero-order chi connectivity index (χ0) is 27.5. The summed E-state index contributed by atoms with van der Waals surface area (Å²) in [6.45, 7) is 4.65. The summed E-state index contributed by atoms with van der Waals surface area (Å²) in [6, 6.07) is 41.2. The highest BCUT2D eigenvalue weighted by Gasteiger charge is 2.43. The SMILES string of the molecule is Cc1ccc(N2c3ccccc3B3c4ccccc4N(c4ccccc4)c4cc(C5CCCCC5)cc2c43)c(C)c1. The van der Waals surface area contributed by atoms with E-state index in [-0.39, 0.29) is 6.71 Å². The molecule has 1 aliphatic carbocycles. The van der Waals surface area contributed by atoms with Crippen LogP contribution in [0.2, 0.25) is 0 Å². The fraction of sp³-hybridized carbons (Fsp3) is 0.211. The molecule has 2 aliphatic heterocycles. The Morgan fingerprint density at radius 2 is 1.17 bits per heavy atom. The van der Waals surface area contributed by atoms with Crippen molar-refractivity contribution in [1.82, 2.24) is 0 Å². The molecule has 5 aromatic carbocycles. The first-order chi connectivity index (χ1) is 20.2. The summed E-state index contributed by atoms with van der Waals surface area (Å²) in [4.78, 5) is 5.11. The Hall–Kier alpha value is -4.24. The second-order valence-corrected chi connectivity index (χ2v) is 12.2. The van der Waals surface area contributed by atoms with Gasteiger partial charge in [0.2, 0.25) is 0 Å². The van der Waals surface area contributed by atoms with E-state index in [2.05, 4.69) is 133 Å². The Morgan fingerprint density at radius 1 is 0.561 bits per heavy atom. The lowest BCUT2D eigenvalue weighted by molar-refractivity contribution is 0.444. The van der Waals surface area contributed by atoms with Crippen LogP contribution in [0, 0.1) is 13.8 Å². The van der Waals surface area contributed by atoms with E-state index in [0.29, 0.717) is 5.92 Å². The fourth-order valence-corrected chi connectivity index (χ4v) is 7.76. The predicted octanol–water partition coefficient (Wildman–Crippen LogP) is 8.43. The Bertz CT molecular complexity index is 1770. The minimum Gasteiger partial charge on any atom is -0.311 e.